The molecule has 5 heteroatoms. The van der Waals surface area contributed by atoms with Crippen molar-refractivity contribution in [1.29, 1.82) is 0 Å². The van der Waals surface area contributed by atoms with Crippen molar-refractivity contribution in [2.45, 2.75) is 45.2 Å². The zero-order chi connectivity index (χ0) is 16.1. The fourth-order valence-electron chi connectivity index (χ4n) is 3.71. The number of amides is 1. The molecular formula is C18H29N3OS. The second kappa shape index (κ2) is 8.27. The van der Waals surface area contributed by atoms with Crippen molar-refractivity contribution in [2.75, 3.05) is 32.7 Å². The Bertz CT molecular complexity index is 482. The predicted molar refractivity (Wildman–Crippen MR) is 95.6 cm³/mol. The molecule has 1 aliphatic carbocycles. The predicted octanol–water partition coefficient (Wildman–Crippen LogP) is 2.56. The molecule has 1 aliphatic heterocycles. The zero-order valence-electron chi connectivity index (χ0n) is 14.2. The lowest BCUT2D eigenvalue weighted by molar-refractivity contribution is -0.124. The average molecular weight is 336 g/mol. The molecule has 0 spiro atoms. The summed E-state index contributed by atoms with van der Waals surface area (Å²) in [6.45, 7) is 8.01. The highest BCUT2D eigenvalue weighted by molar-refractivity contribution is 7.09. The summed E-state index contributed by atoms with van der Waals surface area (Å²) in [6.07, 6.45) is 4.99. The summed E-state index contributed by atoms with van der Waals surface area (Å²) in [5.74, 6) is 0.853. The van der Waals surface area contributed by atoms with Gasteiger partial charge in [-0.25, -0.2) is 0 Å². The van der Waals surface area contributed by atoms with E-state index >= 15 is 0 Å². The van der Waals surface area contributed by atoms with Crippen LogP contribution in [0.3, 0.4) is 0 Å². The van der Waals surface area contributed by atoms with Crippen LogP contribution < -0.4 is 5.32 Å². The molecule has 2 fully saturated rings. The van der Waals surface area contributed by atoms with Crippen LogP contribution in [-0.2, 0) is 11.3 Å². The third-order valence-electron chi connectivity index (χ3n) is 5.25. The average Bonchev–Trinajstić information content (AvgIpc) is 3.04. The molecule has 1 aromatic rings. The van der Waals surface area contributed by atoms with E-state index in [4.69, 9.17) is 0 Å². The first-order valence-electron chi connectivity index (χ1n) is 8.97. The molecular weight excluding hydrogens is 306 g/mol. The summed E-state index contributed by atoms with van der Waals surface area (Å²) in [5.41, 5.74) is 0. The first kappa shape index (κ1) is 16.9. The van der Waals surface area contributed by atoms with E-state index in [1.165, 1.54) is 24.1 Å². The van der Waals surface area contributed by atoms with E-state index in [1.54, 1.807) is 0 Å². The number of rotatable bonds is 5. The first-order chi connectivity index (χ1) is 11.2. The Labute approximate surface area is 143 Å². The van der Waals surface area contributed by atoms with Crippen molar-refractivity contribution < 1.29 is 4.79 Å². The number of piperazine rings is 1. The van der Waals surface area contributed by atoms with E-state index in [-0.39, 0.29) is 5.91 Å². The molecule has 1 saturated heterocycles. The van der Waals surface area contributed by atoms with Gasteiger partial charge in [-0.15, -0.1) is 11.3 Å². The van der Waals surface area contributed by atoms with Crippen LogP contribution in [0.15, 0.2) is 17.5 Å². The number of hydrogen-bond acceptors (Lipinski definition) is 4. The number of nitrogens with zero attached hydrogens (tertiary/aromatic N) is 2. The fourth-order valence-corrected chi connectivity index (χ4v) is 4.46. The van der Waals surface area contributed by atoms with E-state index in [9.17, 15) is 4.79 Å². The lowest BCUT2D eigenvalue weighted by Crippen LogP contribution is -2.51. The molecule has 3 rings (SSSR count). The minimum Gasteiger partial charge on any atom is -0.352 e. The topological polar surface area (TPSA) is 35.6 Å². The van der Waals surface area contributed by atoms with Crippen LogP contribution in [0.2, 0.25) is 0 Å². The Morgan fingerprint density at radius 1 is 1.22 bits per heavy atom. The van der Waals surface area contributed by atoms with Gasteiger partial charge in [0, 0.05) is 43.6 Å². The van der Waals surface area contributed by atoms with Crippen LogP contribution in [-0.4, -0.2) is 54.5 Å². The lowest BCUT2D eigenvalue weighted by Gasteiger charge is -2.35. The van der Waals surface area contributed by atoms with Crippen LogP contribution >= 0.6 is 11.3 Å². The summed E-state index contributed by atoms with van der Waals surface area (Å²) in [6, 6.07) is 4.72. The van der Waals surface area contributed by atoms with Crippen molar-refractivity contribution in [3.05, 3.63) is 22.4 Å². The Morgan fingerprint density at radius 3 is 2.65 bits per heavy atom. The van der Waals surface area contributed by atoms with Gasteiger partial charge in [0.2, 0.25) is 5.91 Å². The molecule has 1 N–H and O–H groups in total. The molecule has 23 heavy (non-hydrogen) atoms. The fraction of sp³-hybridized carbons (Fsp3) is 0.722. The van der Waals surface area contributed by atoms with E-state index in [1.807, 2.05) is 11.3 Å². The number of nitrogens with one attached hydrogen (secondary N) is 1. The van der Waals surface area contributed by atoms with Gasteiger partial charge in [-0.05, 0) is 30.2 Å². The Hall–Kier alpha value is -0.910. The van der Waals surface area contributed by atoms with Crippen LogP contribution in [0, 0.1) is 5.92 Å². The molecule has 2 atom stereocenters. The van der Waals surface area contributed by atoms with Crippen LogP contribution in [0.25, 0.3) is 0 Å². The monoisotopic (exact) mass is 335 g/mol. The lowest BCUT2D eigenvalue weighted by atomic mass is 9.86. The maximum absolute atomic E-state index is 12.3. The SMILES string of the molecule is C[C@@H]1CCCC[C@H]1NC(=O)CN1CCN(Cc2cccs2)CC1. The van der Waals surface area contributed by atoms with Gasteiger partial charge in [-0.3, -0.25) is 14.6 Å². The van der Waals surface area contributed by atoms with Crippen molar-refractivity contribution in [1.82, 2.24) is 15.1 Å². The second-order valence-corrected chi connectivity index (χ2v) is 8.10. The maximum atomic E-state index is 12.3. The van der Waals surface area contributed by atoms with Crippen molar-refractivity contribution in [2.24, 2.45) is 5.92 Å². The molecule has 1 aromatic heterocycles. The van der Waals surface area contributed by atoms with Gasteiger partial charge in [0.15, 0.2) is 0 Å². The largest absolute Gasteiger partial charge is 0.352 e. The van der Waals surface area contributed by atoms with Gasteiger partial charge >= 0.3 is 0 Å². The summed E-state index contributed by atoms with van der Waals surface area (Å²) in [7, 11) is 0. The van der Waals surface area contributed by atoms with E-state index in [0.717, 1.165) is 39.1 Å². The van der Waals surface area contributed by atoms with Crippen LogP contribution in [0.4, 0.5) is 0 Å². The summed E-state index contributed by atoms with van der Waals surface area (Å²) >= 11 is 1.83. The minimum absolute atomic E-state index is 0.218. The van der Waals surface area contributed by atoms with Crippen LogP contribution in [0.1, 0.15) is 37.5 Å². The zero-order valence-corrected chi connectivity index (χ0v) is 15.0. The van der Waals surface area contributed by atoms with Crippen molar-refractivity contribution in [3.8, 4) is 0 Å². The Kier molecular flexibility index (Phi) is 6.08. The molecule has 0 radical (unpaired) electrons. The maximum Gasteiger partial charge on any atom is 0.234 e. The molecule has 128 valence electrons. The standard InChI is InChI=1S/C18H29N3OS/c1-15-5-2-3-7-17(15)19-18(22)14-21-10-8-20(9-11-21)13-16-6-4-12-23-16/h4,6,12,15,17H,2-3,5,7-11,13-14H2,1H3,(H,19,22)/t15-,17-/m1/s1. The number of thiophene rings is 1. The van der Waals surface area contributed by atoms with Gasteiger partial charge in [0.25, 0.3) is 0 Å². The Balaban J connectivity index is 1.37. The van der Waals surface area contributed by atoms with Gasteiger partial charge in [0.1, 0.15) is 0 Å². The number of hydrogen-bond donors (Lipinski definition) is 1. The third-order valence-corrected chi connectivity index (χ3v) is 6.11. The highest BCUT2D eigenvalue weighted by Gasteiger charge is 2.24. The minimum atomic E-state index is 0.218. The van der Waals surface area contributed by atoms with Gasteiger partial charge in [0.05, 0.1) is 6.54 Å². The van der Waals surface area contributed by atoms with E-state index in [2.05, 4.69) is 39.6 Å². The van der Waals surface area contributed by atoms with Crippen LogP contribution in [0.5, 0.6) is 0 Å². The smallest absolute Gasteiger partial charge is 0.234 e. The molecule has 1 saturated carbocycles. The number of carbonyl (C=O) groups excluding carboxylic acids is 1. The molecule has 1 amide bonds. The van der Waals surface area contributed by atoms with Crippen molar-refractivity contribution >= 4 is 17.2 Å². The second-order valence-electron chi connectivity index (χ2n) is 7.07. The Morgan fingerprint density at radius 2 is 1.96 bits per heavy atom. The highest BCUT2D eigenvalue weighted by Crippen LogP contribution is 2.23. The van der Waals surface area contributed by atoms with Gasteiger partial charge in [-0.1, -0.05) is 25.8 Å². The highest BCUT2D eigenvalue weighted by atomic mass is 32.1. The summed E-state index contributed by atoms with van der Waals surface area (Å²) < 4.78 is 0. The third kappa shape index (κ3) is 5.03. The van der Waals surface area contributed by atoms with E-state index in [0.29, 0.717) is 18.5 Å². The molecule has 0 aromatic carbocycles. The molecule has 0 bridgehead atoms. The molecule has 2 heterocycles. The van der Waals surface area contributed by atoms with Gasteiger partial charge in [-0.2, -0.15) is 0 Å². The van der Waals surface area contributed by atoms with Gasteiger partial charge < -0.3 is 5.32 Å². The van der Waals surface area contributed by atoms with E-state index < -0.39 is 0 Å². The normalized spacial score (nSPS) is 27.0. The quantitative estimate of drug-likeness (QED) is 0.898. The number of carbonyl (C=O) groups is 1. The summed E-state index contributed by atoms with van der Waals surface area (Å²) in [4.78, 5) is 18.5. The first-order valence-corrected chi connectivity index (χ1v) is 9.85. The molecule has 0 unspecified atom stereocenters. The molecule has 2 aliphatic rings. The van der Waals surface area contributed by atoms with Crippen molar-refractivity contribution in [3.63, 3.8) is 0 Å². The summed E-state index contributed by atoms with van der Waals surface area (Å²) in [5, 5.41) is 5.41. The molecule has 4 nitrogen and oxygen atoms in total.